The van der Waals surface area contributed by atoms with Gasteiger partial charge in [0.1, 0.15) is 19.2 Å². The van der Waals surface area contributed by atoms with Gasteiger partial charge >= 0.3 is 5.97 Å². The summed E-state index contributed by atoms with van der Waals surface area (Å²) >= 11 is 0. The highest BCUT2D eigenvalue weighted by Gasteiger charge is 2.18. The van der Waals surface area contributed by atoms with Crippen LogP contribution < -0.4 is 16.2 Å². The van der Waals surface area contributed by atoms with Crippen molar-refractivity contribution in [3.8, 4) is 0 Å². The van der Waals surface area contributed by atoms with Crippen LogP contribution in [0.3, 0.4) is 0 Å². The zero-order chi connectivity index (χ0) is 22.7. The number of aliphatic hydroxyl groups excluding tert-OH is 1. The fraction of sp³-hybridized carbons (Fsp3) is 0.667. The molecule has 162 valence electrons. The number of amides is 1. The number of hydrogen-bond acceptors (Lipinski definition) is 7. The quantitative estimate of drug-likeness (QED) is 0.145. The van der Waals surface area contributed by atoms with Crippen LogP contribution in [0.2, 0.25) is 0 Å². The van der Waals surface area contributed by atoms with E-state index >= 15 is 0 Å². The topological polar surface area (TPSA) is 207 Å². The number of nitrogens with one attached hydrogen (secondary N) is 3. The van der Waals surface area contributed by atoms with Crippen LogP contribution in [0.25, 0.3) is 0 Å². The van der Waals surface area contributed by atoms with Crippen molar-refractivity contribution in [2.24, 2.45) is 5.73 Å². The Bertz CT molecular complexity index is 576. The molecule has 0 aromatic carbocycles. The van der Waals surface area contributed by atoms with Gasteiger partial charge in [-0.15, -0.1) is 0 Å². The molecule has 1 amide bonds. The number of carboxylic acid groups (broad SMARTS) is 2. The van der Waals surface area contributed by atoms with Gasteiger partial charge in [-0.2, -0.15) is 0 Å². The average Bonchev–Trinajstić information content (AvgIpc) is 2.72. The van der Waals surface area contributed by atoms with Crippen LogP contribution in [0.15, 0.2) is 0 Å². The van der Waals surface area contributed by atoms with Gasteiger partial charge in [-0.05, 0) is 0 Å². The molecule has 13 heteroatoms. The van der Waals surface area contributed by atoms with E-state index in [0.717, 1.165) is 4.90 Å². The lowest BCUT2D eigenvalue weighted by Gasteiger charge is -2.26. The monoisotopic (exact) mass is 405 g/mol. The van der Waals surface area contributed by atoms with E-state index in [2.05, 4.69) is 5.32 Å². The summed E-state index contributed by atoms with van der Waals surface area (Å²) in [5.41, 5.74) is 4.93. The minimum absolute atomic E-state index is 0.0995. The molecule has 1 rings (SSSR count). The van der Waals surface area contributed by atoms with Gasteiger partial charge in [0, 0.05) is 26.5 Å². The summed E-state index contributed by atoms with van der Waals surface area (Å²) < 4.78 is 0.550. The van der Waals surface area contributed by atoms with Crippen LogP contribution in [0.5, 0.6) is 0 Å². The highest BCUT2D eigenvalue weighted by Crippen LogP contribution is 1.97. The molecule has 0 spiro atoms. The Kier molecular flexibility index (Phi) is 12.1. The van der Waals surface area contributed by atoms with Gasteiger partial charge in [0.25, 0.3) is 0 Å². The van der Waals surface area contributed by atoms with E-state index in [1.807, 2.05) is 21.1 Å². The number of nitrogens with zero attached hydrogens (tertiary/aromatic N) is 3. The Morgan fingerprint density at radius 2 is 1.93 bits per heavy atom. The molecule has 0 unspecified atom stereocenters. The van der Waals surface area contributed by atoms with Gasteiger partial charge < -0.3 is 40.1 Å². The predicted octanol–water partition coefficient (Wildman–Crippen LogP) is -3.93. The molecule has 0 aromatic rings. The molecule has 1 heterocycles. The molecule has 0 bridgehead atoms. The SMILES string of the molecule is CN(CC(=O)O)C(=N)N.CN1CC(=O)NC1=N.C[N+](C)(C)C[C@@H](O)CC(=O)[O-]. The molecule has 0 aromatic heterocycles. The second-order valence-electron chi connectivity index (χ2n) is 7.09. The molecule has 1 aliphatic rings. The van der Waals surface area contributed by atoms with E-state index in [1.165, 1.54) is 7.05 Å². The van der Waals surface area contributed by atoms with Crippen LogP contribution >= 0.6 is 0 Å². The Hall–Kier alpha value is -2.93. The first-order valence-electron chi connectivity index (χ1n) is 8.10. The highest BCUT2D eigenvalue weighted by molar-refractivity contribution is 6.02. The first kappa shape index (κ1) is 27.3. The Morgan fingerprint density at radius 1 is 1.43 bits per heavy atom. The first-order chi connectivity index (χ1) is 12.5. The zero-order valence-electron chi connectivity index (χ0n) is 16.9. The largest absolute Gasteiger partial charge is 0.550 e. The molecular weight excluding hydrogens is 374 g/mol. The molecule has 28 heavy (non-hydrogen) atoms. The van der Waals surface area contributed by atoms with Gasteiger partial charge in [-0.3, -0.25) is 25.7 Å². The number of carbonyl (C=O) groups excluding carboxylic acids is 2. The lowest BCUT2D eigenvalue weighted by atomic mass is 10.2. The number of carboxylic acids is 2. The van der Waals surface area contributed by atoms with Gasteiger partial charge in [0.15, 0.2) is 11.9 Å². The normalized spacial score (nSPS) is 14.0. The number of guanidine groups is 2. The molecule has 0 aliphatic carbocycles. The summed E-state index contributed by atoms with van der Waals surface area (Å²) in [6, 6.07) is 0. The average molecular weight is 405 g/mol. The molecule has 0 saturated carbocycles. The van der Waals surface area contributed by atoms with Gasteiger partial charge in [0.2, 0.25) is 5.91 Å². The number of quaternary nitrogens is 1. The summed E-state index contributed by atoms with van der Waals surface area (Å²) in [5, 5.41) is 43.3. The Balaban J connectivity index is 0. The van der Waals surface area contributed by atoms with Crippen molar-refractivity contribution in [2.45, 2.75) is 12.5 Å². The van der Waals surface area contributed by atoms with Gasteiger partial charge in [-0.1, -0.05) is 0 Å². The summed E-state index contributed by atoms with van der Waals surface area (Å²) in [4.78, 5) is 33.0. The lowest BCUT2D eigenvalue weighted by molar-refractivity contribution is -0.873. The van der Waals surface area contributed by atoms with Crippen LogP contribution in [-0.2, 0) is 14.4 Å². The molecule has 1 atom stereocenters. The molecule has 13 nitrogen and oxygen atoms in total. The van der Waals surface area contributed by atoms with Crippen LogP contribution in [0, 0.1) is 10.8 Å². The van der Waals surface area contributed by atoms with Crippen molar-refractivity contribution in [2.75, 3.05) is 54.9 Å². The third-order valence-corrected chi connectivity index (χ3v) is 2.96. The minimum Gasteiger partial charge on any atom is -0.550 e. The van der Waals surface area contributed by atoms with Crippen molar-refractivity contribution >= 4 is 29.8 Å². The van der Waals surface area contributed by atoms with Crippen molar-refractivity contribution in [1.29, 1.82) is 10.8 Å². The second kappa shape index (κ2) is 12.5. The third kappa shape index (κ3) is 16.5. The maximum absolute atomic E-state index is 10.4. The van der Waals surface area contributed by atoms with E-state index in [0.29, 0.717) is 17.6 Å². The fourth-order valence-electron chi connectivity index (χ4n) is 1.74. The summed E-state index contributed by atoms with van der Waals surface area (Å²) in [6.07, 6.45) is -1.09. The van der Waals surface area contributed by atoms with E-state index in [-0.39, 0.29) is 30.8 Å². The number of carbonyl (C=O) groups is 3. The summed E-state index contributed by atoms with van der Waals surface area (Å²) in [6.45, 7) is 0.516. The predicted molar refractivity (Wildman–Crippen MR) is 99.2 cm³/mol. The van der Waals surface area contributed by atoms with Crippen LogP contribution in [0.4, 0.5) is 0 Å². The number of rotatable bonds is 6. The lowest BCUT2D eigenvalue weighted by Crippen LogP contribution is -2.43. The van der Waals surface area contributed by atoms with Crippen molar-refractivity contribution in [3.05, 3.63) is 0 Å². The molecular formula is C15H31N7O6. The van der Waals surface area contributed by atoms with E-state index < -0.39 is 18.0 Å². The highest BCUT2D eigenvalue weighted by atomic mass is 16.4. The standard InChI is InChI=1S/C7H15NO3.C4H9N3O2.C4H7N3O/c1-8(2,3)5-6(9)4-7(10)11;1-7(4(5)6)2-3(8)9;1-7-2-3(8)6-4(7)5/h6,9H,4-5H2,1-3H3;2H2,1H3,(H3,5,6)(H,8,9);2H2,1H3,(H2,5,6,8)/t6-;;/m0../s1. The van der Waals surface area contributed by atoms with Gasteiger partial charge in [0.05, 0.1) is 27.7 Å². The summed E-state index contributed by atoms with van der Waals surface area (Å²) in [5.74, 6) is -2.34. The summed E-state index contributed by atoms with van der Waals surface area (Å²) in [7, 11) is 8.80. The third-order valence-electron chi connectivity index (χ3n) is 2.96. The Morgan fingerprint density at radius 3 is 2.11 bits per heavy atom. The molecule has 1 fully saturated rings. The molecule has 0 radical (unpaired) electrons. The first-order valence-corrected chi connectivity index (χ1v) is 8.10. The molecule has 1 saturated heterocycles. The van der Waals surface area contributed by atoms with Crippen molar-refractivity contribution in [3.63, 3.8) is 0 Å². The smallest absolute Gasteiger partial charge is 0.323 e. The maximum Gasteiger partial charge on any atom is 0.323 e. The number of nitrogens with two attached hydrogens (primary N) is 1. The number of likely N-dealkylation sites (N-methyl/N-ethyl adjacent to an activating group) is 3. The zero-order valence-corrected chi connectivity index (χ0v) is 16.9. The molecule has 7 N–H and O–H groups in total. The number of aliphatic carboxylic acids is 2. The Labute approximate surface area is 163 Å². The number of hydrogen-bond donors (Lipinski definition) is 6. The van der Waals surface area contributed by atoms with Crippen LogP contribution in [-0.4, -0.2) is 115 Å². The minimum atomic E-state index is -1.20. The second-order valence-corrected chi connectivity index (χ2v) is 7.09. The fourth-order valence-corrected chi connectivity index (χ4v) is 1.74. The molecule has 1 aliphatic heterocycles. The van der Waals surface area contributed by atoms with Gasteiger partial charge in [-0.25, -0.2) is 0 Å². The van der Waals surface area contributed by atoms with Crippen molar-refractivity contribution < 1.29 is 34.2 Å². The van der Waals surface area contributed by atoms with Crippen LogP contribution in [0.1, 0.15) is 6.42 Å². The van der Waals surface area contributed by atoms with E-state index in [9.17, 15) is 19.5 Å². The van der Waals surface area contributed by atoms with E-state index in [4.69, 9.17) is 26.8 Å². The number of aliphatic hydroxyl groups is 1. The van der Waals surface area contributed by atoms with E-state index in [1.54, 1.807) is 11.9 Å². The van der Waals surface area contributed by atoms with Crippen molar-refractivity contribution in [1.82, 2.24) is 15.1 Å². The maximum atomic E-state index is 10.4.